The van der Waals surface area contributed by atoms with Gasteiger partial charge in [0.2, 0.25) is 12.5 Å². The zero-order chi connectivity index (χ0) is 21.3. The highest BCUT2D eigenvalue weighted by molar-refractivity contribution is 14.1. The van der Waals surface area contributed by atoms with Gasteiger partial charge in [-0.3, -0.25) is 4.79 Å². The second-order valence-corrected chi connectivity index (χ2v) is 8.29. The number of fused-ring (bicyclic) bond motifs is 1. The molecule has 2 aromatic rings. The number of halogens is 1. The highest BCUT2D eigenvalue weighted by Crippen LogP contribution is 2.44. The Morgan fingerprint density at radius 3 is 2.47 bits per heavy atom. The number of cyclic esters (lactones) is 1. The predicted molar refractivity (Wildman–Crippen MR) is 117 cm³/mol. The van der Waals surface area contributed by atoms with E-state index in [0.717, 1.165) is 26.2 Å². The van der Waals surface area contributed by atoms with Crippen molar-refractivity contribution in [3.05, 3.63) is 39.0 Å². The maximum absolute atomic E-state index is 12.6. The monoisotopic (exact) mass is 526 g/mol. The molecule has 0 bridgehead atoms. The third-order valence-electron chi connectivity index (χ3n) is 5.53. The van der Waals surface area contributed by atoms with Crippen molar-refractivity contribution < 1.29 is 33.2 Å². The summed E-state index contributed by atoms with van der Waals surface area (Å²) in [7, 11) is 4.75. The van der Waals surface area contributed by atoms with Crippen LogP contribution in [0.2, 0.25) is 0 Å². The summed E-state index contributed by atoms with van der Waals surface area (Å²) < 4.78 is 33.7. The van der Waals surface area contributed by atoms with Gasteiger partial charge in [0, 0.05) is 5.92 Å². The van der Waals surface area contributed by atoms with E-state index in [-0.39, 0.29) is 24.6 Å². The minimum Gasteiger partial charge on any atom is -0.493 e. The van der Waals surface area contributed by atoms with Crippen molar-refractivity contribution in [3.63, 3.8) is 0 Å². The Morgan fingerprint density at radius 2 is 1.73 bits per heavy atom. The van der Waals surface area contributed by atoms with E-state index in [4.69, 9.17) is 28.4 Å². The Morgan fingerprint density at radius 1 is 0.967 bits per heavy atom. The zero-order valence-electron chi connectivity index (χ0n) is 17.0. The van der Waals surface area contributed by atoms with E-state index < -0.39 is 0 Å². The maximum Gasteiger partial charge on any atom is 0.309 e. The molecule has 8 heteroatoms. The molecule has 2 aliphatic rings. The normalized spacial score (nSPS) is 19.5. The molecule has 0 aliphatic carbocycles. The number of ether oxygens (including phenoxy) is 6. The van der Waals surface area contributed by atoms with E-state index in [2.05, 4.69) is 22.6 Å². The summed E-state index contributed by atoms with van der Waals surface area (Å²) in [6.45, 7) is 0.644. The molecule has 160 valence electrons. The van der Waals surface area contributed by atoms with Gasteiger partial charge < -0.3 is 28.4 Å². The van der Waals surface area contributed by atoms with Crippen molar-refractivity contribution in [3.8, 4) is 28.7 Å². The summed E-state index contributed by atoms with van der Waals surface area (Å²) in [4.78, 5) is 12.6. The fourth-order valence-corrected chi connectivity index (χ4v) is 4.82. The number of carbonyl (C=O) groups is 1. The van der Waals surface area contributed by atoms with Crippen LogP contribution in [0.5, 0.6) is 28.7 Å². The topological polar surface area (TPSA) is 72.5 Å². The fraction of sp³-hybridized carbons (Fsp3) is 0.409. The molecule has 0 radical (unpaired) electrons. The molecule has 0 unspecified atom stereocenters. The van der Waals surface area contributed by atoms with Crippen molar-refractivity contribution >= 4 is 28.6 Å². The van der Waals surface area contributed by atoms with Crippen LogP contribution in [0.4, 0.5) is 0 Å². The molecule has 2 heterocycles. The van der Waals surface area contributed by atoms with Gasteiger partial charge in [0.05, 0.1) is 37.4 Å². The van der Waals surface area contributed by atoms with Crippen LogP contribution in [0.1, 0.15) is 11.1 Å². The van der Waals surface area contributed by atoms with Crippen molar-refractivity contribution in [1.29, 1.82) is 0 Å². The van der Waals surface area contributed by atoms with E-state index in [1.165, 1.54) is 0 Å². The van der Waals surface area contributed by atoms with Gasteiger partial charge in [0.15, 0.2) is 23.0 Å². The molecule has 2 aliphatic heterocycles. The summed E-state index contributed by atoms with van der Waals surface area (Å²) in [6.07, 6.45) is 1.25. The molecule has 0 amide bonds. The van der Waals surface area contributed by atoms with Crippen LogP contribution < -0.4 is 23.7 Å². The number of esters is 1. The molecular weight excluding hydrogens is 503 g/mol. The number of carbonyl (C=O) groups excluding carboxylic acids is 1. The average Bonchev–Trinajstić information content (AvgIpc) is 3.35. The van der Waals surface area contributed by atoms with Gasteiger partial charge in [-0.15, -0.1) is 0 Å². The largest absolute Gasteiger partial charge is 0.493 e. The first-order chi connectivity index (χ1) is 14.5. The van der Waals surface area contributed by atoms with E-state index >= 15 is 0 Å². The Balaban J connectivity index is 1.59. The van der Waals surface area contributed by atoms with Crippen molar-refractivity contribution in [2.45, 2.75) is 12.8 Å². The predicted octanol–water partition coefficient (Wildman–Crippen LogP) is 3.62. The Bertz CT molecular complexity index is 959. The average molecular weight is 526 g/mol. The molecule has 2 aromatic carbocycles. The lowest BCUT2D eigenvalue weighted by atomic mass is 9.85. The maximum atomic E-state index is 12.6. The fourth-order valence-electron chi connectivity index (χ4n) is 3.98. The van der Waals surface area contributed by atoms with Crippen LogP contribution in [0.15, 0.2) is 24.3 Å². The number of hydrogen-bond donors (Lipinski definition) is 0. The van der Waals surface area contributed by atoms with Crippen LogP contribution in [0.3, 0.4) is 0 Å². The van der Waals surface area contributed by atoms with Gasteiger partial charge >= 0.3 is 5.97 Å². The summed E-state index contributed by atoms with van der Waals surface area (Å²) in [5.41, 5.74) is 2.05. The van der Waals surface area contributed by atoms with Gasteiger partial charge in [-0.05, 0) is 64.8 Å². The molecule has 0 N–H and O–H groups in total. The molecule has 0 saturated carbocycles. The Hall–Kier alpha value is -2.36. The first-order valence-electron chi connectivity index (χ1n) is 9.58. The molecule has 1 fully saturated rings. The highest BCUT2D eigenvalue weighted by atomic mass is 127. The standard InChI is InChI=1S/C22H23IO7/c1-25-18-9-13(19(23)21(27-3)20(18)26-2)8-15-14(10-28-22(15)24)6-12-4-5-16-17(7-12)30-11-29-16/h4-5,7,9,14-15H,6,8,10-11H2,1-3H3/t14-,15+/m1/s1. The molecule has 0 aromatic heterocycles. The third-order valence-corrected chi connectivity index (χ3v) is 6.71. The molecule has 1 saturated heterocycles. The molecule has 0 spiro atoms. The van der Waals surface area contributed by atoms with Gasteiger partial charge in [-0.1, -0.05) is 6.07 Å². The second-order valence-electron chi connectivity index (χ2n) is 7.21. The molecule has 7 nitrogen and oxygen atoms in total. The van der Waals surface area contributed by atoms with Gasteiger partial charge in [-0.2, -0.15) is 0 Å². The van der Waals surface area contributed by atoms with E-state index in [1.54, 1.807) is 21.3 Å². The van der Waals surface area contributed by atoms with Crippen LogP contribution in [-0.2, 0) is 22.4 Å². The number of hydrogen-bond acceptors (Lipinski definition) is 7. The van der Waals surface area contributed by atoms with Crippen molar-refractivity contribution in [2.75, 3.05) is 34.7 Å². The lowest BCUT2D eigenvalue weighted by molar-refractivity contribution is -0.141. The van der Waals surface area contributed by atoms with Crippen LogP contribution >= 0.6 is 22.6 Å². The van der Waals surface area contributed by atoms with Crippen LogP contribution in [0.25, 0.3) is 0 Å². The minimum absolute atomic E-state index is 0.0627. The second kappa shape index (κ2) is 8.79. The lowest BCUT2D eigenvalue weighted by Gasteiger charge is -2.20. The summed E-state index contributed by atoms with van der Waals surface area (Å²) in [6, 6.07) is 7.81. The molecular formula is C22H23IO7. The van der Waals surface area contributed by atoms with Crippen LogP contribution in [-0.4, -0.2) is 40.7 Å². The summed E-state index contributed by atoms with van der Waals surface area (Å²) in [5, 5.41) is 0. The SMILES string of the molecule is COc1cc(C[C@@H]2C(=O)OC[C@H]2Cc2ccc3c(c2)OCO3)c(I)c(OC)c1OC. The van der Waals surface area contributed by atoms with Crippen molar-refractivity contribution in [1.82, 2.24) is 0 Å². The highest BCUT2D eigenvalue weighted by Gasteiger charge is 2.38. The van der Waals surface area contributed by atoms with Crippen molar-refractivity contribution in [2.24, 2.45) is 11.8 Å². The summed E-state index contributed by atoms with van der Waals surface area (Å²) >= 11 is 2.22. The smallest absolute Gasteiger partial charge is 0.309 e. The number of benzene rings is 2. The first-order valence-corrected chi connectivity index (χ1v) is 10.7. The van der Waals surface area contributed by atoms with Gasteiger partial charge in [0.25, 0.3) is 0 Å². The molecule has 2 atom stereocenters. The van der Waals surface area contributed by atoms with E-state index in [1.807, 2.05) is 24.3 Å². The Labute approximate surface area is 188 Å². The third kappa shape index (κ3) is 3.84. The van der Waals surface area contributed by atoms with Crippen LogP contribution in [0, 0.1) is 15.4 Å². The Kier molecular flexibility index (Phi) is 6.12. The van der Waals surface area contributed by atoms with Gasteiger partial charge in [-0.25, -0.2) is 0 Å². The first kappa shape index (κ1) is 20.9. The lowest BCUT2D eigenvalue weighted by Crippen LogP contribution is -2.21. The van der Waals surface area contributed by atoms with E-state index in [0.29, 0.717) is 36.7 Å². The van der Waals surface area contributed by atoms with Gasteiger partial charge in [0.1, 0.15) is 0 Å². The minimum atomic E-state index is -0.258. The molecule has 30 heavy (non-hydrogen) atoms. The zero-order valence-corrected chi connectivity index (χ0v) is 19.2. The number of rotatable bonds is 7. The molecule has 4 rings (SSSR count). The quantitative estimate of drug-likeness (QED) is 0.403. The van der Waals surface area contributed by atoms with E-state index in [9.17, 15) is 4.79 Å². The summed E-state index contributed by atoms with van der Waals surface area (Å²) in [5.74, 6) is 2.84. The number of methoxy groups -OCH3 is 3.